The van der Waals surface area contributed by atoms with Gasteiger partial charge in [-0.1, -0.05) is 41.9 Å². The second-order valence-electron chi connectivity index (χ2n) is 5.53. The summed E-state index contributed by atoms with van der Waals surface area (Å²) in [5.74, 6) is 0.453. The van der Waals surface area contributed by atoms with E-state index in [0.717, 1.165) is 11.0 Å². The van der Waals surface area contributed by atoms with Gasteiger partial charge in [-0.3, -0.25) is 4.68 Å². The predicted molar refractivity (Wildman–Crippen MR) is 86.7 cm³/mol. The molecular weight excluding hydrogens is 314 g/mol. The monoisotopic (exact) mass is 335 g/mol. The molecule has 20 heavy (non-hydrogen) atoms. The zero-order valence-electron chi connectivity index (χ0n) is 12.5. The molecule has 1 heterocycles. The maximum Gasteiger partial charge on any atom is 0.0694 e. The maximum atomic E-state index is 4.54. The fourth-order valence-corrected chi connectivity index (χ4v) is 2.75. The van der Waals surface area contributed by atoms with Gasteiger partial charge in [0.2, 0.25) is 0 Å². The SMILES string of the molecule is CC(C)c1nn(C)cc1CN[C@@H](C)c1cccc(Br)c1. The molecule has 0 aliphatic rings. The molecule has 1 atom stereocenters. The van der Waals surface area contributed by atoms with E-state index in [0.29, 0.717) is 12.0 Å². The minimum absolute atomic E-state index is 0.313. The number of aromatic nitrogens is 2. The lowest BCUT2D eigenvalue weighted by Crippen LogP contribution is -2.18. The number of aryl methyl sites for hydroxylation is 1. The molecule has 108 valence electrons. The van der Waals surface area contributed by atoms with Gasteiger partial charge in [0.25, 0.3) is 0 Å². The van der Waals surface area contributed by atoms with Crippen molar-refractivity contribution in [2.24, 2.45) is 7.05 Å². The van der Waals surface area contributed by atoms with Gasteiger partial charge in [-0.05, 0) is 30.5 Å². The van der Waals surface area contributed by atoms with Gasteiger partial charge in [0.05, 0.1) is 5.69 Å². The lowest BCUT2D eigenvalue weighted by Gasteiger charge is -2.15. The number of rotatable bonds is 5. The van der Waals surface area contributed by atoms with Gasteiger partial charge in [0.15, 0.2) is 0 Å². The average Bonchev–Trinajstić information content (AvgIpc) is 2.77. The number of nitrogens with one attached hydrogen (secondary N) is 1. The molecule has 0 amide bonds. The molecule has 0 aliphatic carbocycles. The van der Waals surface area contributed by atoms with Crippen LogP contribution in [0.3, 0.4) is 0 Å². The summed E-state index contributed by atoms with van der Waals surface area (Å²) in [6.45, 7) is 7.40. The Morgan fingerprint density at radius 1 is 1.30 bits per heavy atom. The fraction of sp³-hybridized carbons (Fsp3) is 0.438. The van der Waals surface area contributed by atoms with Crippen molar-refractivity contribution in [3.05, 3.63) is 51.8 Å². The molecule has 0 bridgehead atoms. The van der Waals surface area contributed by atoms with Gasteiger partial charge in [-0.15, -0.1) is 0 Å². The zero-order valence-corrected chi connectivity index (χ0v) is 14.1. The minimum Gasteiger partial charge on any atom is -0.306 e. The highest BCUT2D eigenvalue weighted by Gasteiger charge is 2.12. The average molecular weight is 336 g/mol. The van der Waals surface area contributed by atoms with Gasteiger partial charge in [-0.25, -0.2) is 0 Å². The number of hydrogen-bond acceptors (Lipinski definition) is 2. The molecule has 2 aromatic rings. The third kappa shape index (κ3) is 3.70. The first-order chi connectivity index (χ1) is 9.47. The van der Waals surface area contributed by atoms with E-state index in [1.165, 1.54) is 16.8 Å². The smallest absolute Gasteiger partial charge is 0.0694 e. The molecule has 0 radical (unpaired) electrons. The quantitative estimate of drug-likeness (QED) is 0.889. The van der Waals surface area contributed by atoms with E-state index in [-0.39, 0.29) is 0 Å². The predicted octanol–water partition coefficient (Wildman–Crippen LogP) is 4.16. The van der Waals surface area contributed by atoms with Crippen molar-refractivity contribution in [3.8, 4) is 0 Å². The molecule has 4 heteroatoms. The van der Waals surface area contributed by atoms with Crippen LogP contribution in [0.2, 0.25) is 0 Å². The highest BCUT2D eigenvalue weighted by atomic mass is 79.9. The zero-order chi connectivity index (χ0) is 14.7. The van der Waals surface area contributed by atoms with Crippen LogP contribution in [0, 0.1) is 0 Å². The Morgan fingerprint density at radius 3 is 2.70 bits per heavy atom. The summed E-state index contributed by atoms with van der Waals surface area (Å²) in [6, 6.07) is 8.74. The lowest BCUT2D eigenvalue weighted by atomic mass is 10.1. The first-order valence-corrected chi connectivity index (χ1v) is 7.78. The molecule has 2 rings (SSSR count). The molecule has 0 unspecified atom stereocenters. The van der Waals surface area contributed by atoms with Crippen molar-refractivity contribution >= 4 is 15.9 Å². The Hall–Kier alpha value is -1.13. The van der Waals surface area contributed by atoms with E-state index in [9.17, 15) is 0 Å². The normalized spacial score (nSPS) is 12.9. The number of nitrogens with zero attached hydrogens (tertiary/aromatic N) is 2. The molecule has 0 saturated heterocycles. The third-order valence-corrected chi connectivity index (χ3v) is 3.92. The molecule has 0 aliphatic heterocycles. The summed E-state index contributed by atoms with van der Waals surface area (Å²) in [7, 11) is 1.98. The fourth-order valence-electron chi connectivity index (χ4n) is 2.33. The van der Waals surface area contributed by atoms with E-state index >= 15 is 0 Å². The van der Waals surface area contributed by atoms with Crippen molar-refractivity contribution < 1.29 is 0 Å². The second-order valence-corrected chi connectivity index (χ2v) is 6.44. The van der Waals surface area contributed by atoms with Gasteiger partial charge < -0.3 is 5.32 Å². The van der Waals surface area contributed by atoms with E-state index in [2.05, 4.69) is 71.5 Å². The van der Waals surface area contributed by atoms with Crippen LogP contribution in [0.1, 0.15) is 49.6 Å². The third-order valence-electron chi connectivity index (χ3n) is 3.43. The molecule has 1 N–H and O–H groups in total. The first kappa shape index (κ1) is 15.3. The van der Waals surface area contributed by atoms with Crippen LogP contribution in [-0.4, -0.2) is 9.78 Å². The largest absolute Gasteiger partial charge is 0.306 e. The van der Waals surface area contributed by atoms with E-state index in [1.54, 1.807) is 0 Å². The first-order valence-electron chi connectivity index (χ1n) is 6.98. The van der Waals surface area contributed by atoms with Crippen LogP contribution in [0.4, 0.5) is 0 Å². The summed E-state index contributed by atoms with van der Waals surface area (Å²) in [5, 5.41) is 8.12. The number of hydrogen-bond donors (Lipinski definition) is 1. The Labute approximate surface area is 129 Å². The highest BCUT2D eigenvalue weighted by Crippen LogP contribution is 2.20. The lowest BCUT2D eigenvalue weighted by molar-refractivity contribution is 0.570. The topological polar surface area (TPSA) is 29.9 Å². The molecule has 0 saturated carbocycles. The van der Waals surface area contributed by atoms with Gasteiger partial charge in [0.1, 0.15) is 0 Å². The second kappa shape index (κ2) is 6.55. The summed E-state index contributed by atoms with van der Waals surface area (Å²) < 4.78 is 3.02. The Bertz CT molecular complexity index is 575. The molecule has 1 aromatic carbocycles. The summed E-state index contributed by atoms with van der Waals surface area (Å²) in [6.07, 6.45) is 2.11. The molecule has 3 nitrogen and oxygen atoms in total. The van der Waals surface area contributed by atoms with E-state index in [4.69, 9.17) is 0 Å². The van der Waals surface area contributed by atoms with Gasteiger partial charge in [-0.2, -0.15) is 5.10 Å². The van der Waals surface area contributed by atoms with Crippen LogP contribution >= 0.6 is 15.9 Å². The van der Waals surface area contributed by atoms with Crippen molar-refractivity contribution in [1.29, 1.82) is 0 Å². The summed E-state index contributed by atoms with van der Waals surface area (Å²) in [4.78, 5) is 0. The molecular formula is C16H22BrN3. The Balaban J connectivity index is 2.05. The summed E-state index contributed by atoms with van der Waals surface area (Å²) in [5.41, 5.74) is 3.75. The van der Waals surface area contributed by atoms with Crippen LogP contribution in [-0.2, 0) is 13.6 Å². The summed E-state index contributed by atoms with van der Waals surface area (Å²) >= 11 is 3.52. The van der Waals surface area contributed by atoms with Crippen molar-refractivity contribution in [2.75, 3.05) is 0 Å². The Kier molecular flexibility index (Phi) is 5.00. The maximum absolute atomic E-state index is 4.54. The van der Waals surface area contributed by atoms with Crippen LogP contribution < -0.4 is 5.32 Å². The van der Waals surface area contributed by atoms with Crippen LogP contribution in [0.25, 0.3) is 0 Å². The van der Waals surface area contributed by atoms with Crippen molar-refractivity contribution in [2.45, 2.75) is 39.3 Å². The van der Waals surface area contributed by atoms with Gasteiger partial charge >= 0.3 is 0 Å². The minimum atomic E-state index is 0.313. The molecule has 1 aromatic heterocycles. The Morgan fingerprint density at radius 2 is 2.05 bits per heavy atom. The number of halogens is 1. The standard InChI is InChI=1S/C16H22BrN3/c1-11(2)16-14(10-20(4)19-16)9-18-12(3)13-6-5-7-15(17)8-13/h5-8,10-12,18H,9H2,1-4H3/t12-/m0/s1. The van der Waals surface area contributed by atoms with Crippen LogP contribution in [0.15, 0.2) is 34.9 Å². The highest BCUT2D eigenvalue weighted by molar-refractivity contribution is 9.10. The van der Waals surface area contributed by atoms with Crippen molar-refractivity contribution in [3.63, 3.8) is 0 Å². The van der Waals surface area contributed by atoms with Gasteiger partial charge in [0, 0.05) is 35.9 Å². The molecule has 0 fully saturated rings. The number of benzene rings is 1. The van der Waals surface area contributed by atoms with E-state index in [1.807, 2.05) is 17.8 Å². The molecule has 0 spiro atoms. The van der Waals surface area contributed by atoms with E-state index < -0.39 is 0 Å². The van der Waals surface area contributed by atoms with Crippen LogP contribution in [0.5, 0.6) is 0 Å². The van der Waals surface area contributed by atoms with Crippen molar-refractivity contribution in [1.82, 2.24) is 15.1 Å².